The van der Waals surface area contributed by atoms with Gasteiger partial charge in [-0.1, -0.05) is 258 Å². The van der Waals surface area contributed by atoms with Gasteiger partial charge >= 0.3 is 17.9 Å². The van der Waals surface area contributed by atoms with Crippen molar-refractivity contribution in [3.05, 3.63) is 12.2 Å². The van der Waals surface area contributed by atoms with Crippen LogP contribution in [0.2, 0.25) is 0 Å². The van der Waals surface area contributed by atoms with Crippen LogP contribution in [-0.4, -0.2) is 37.2 Å². The summed E-state index contributed by atoms with van der Waals surface area (Å²) in [6.07, 6.45) is 58.3. The van der Waals surface area contributed by atoms with E-state index in [1.807, 2.05) is 0 Å². The van der Waals surface area contributed by atoms with Crippen molar-refractivity contribution in [3.8, 4) is 0 Å². The summed E-state index contributed by atoms with van der Waals surface area (Å²) in [4.78, 5) is 37.6. The molecule has 366 valence electrons. The minimum Gasteiger partial charge on any atom is -0.462 e. The monoisotopic (exact) mass is 875 g/mol. The molecule has 0 rings (SSSR count). The molecule has 0 aromatic heterocycles. The van der Waals surface area contributed by atoms with Gasteiger partial charge < -0.3 is 14.2 Å². The van der Waals surface area contributed by atoms with Crippen LogP contribution in [0.1, 0.15) is 310 Å². The summed E-state index contributed by atoms with van der Waals surface area (Å²) >= 11 is 0. The van der Waals surface area contributed by atoms with Crippen LogP contribution in [0.15, 0.2) is 12.2 Å². The number of allylic oxidation sites excluding steroid dienone is 2. The molecule has 0 aliphatic rings. The topological polar surface area (TPSA) is 78.9 Å². The molecule has 0 fully saturated rings. The average Bonchev–Trinajstić information content (AvgIpc) is 3.27. The van der Waals surface area contributed by atoms with E-state index in [-0.39, 0.29) is 31.1 Å². The standard InChI is InChI=1S/C56H106O6/c1-4-7-10-13-16-18-19-20-21-22-23-24-25-26-27-28-29-30-31-32-33-34-35-36-37-38-41-43-46-49-55(58)61-52-53(51-60-54(57)48-45-42-39-15-12-9-6-3)62-56(59)50-47-44-40-17-14-11-8-5-2/h22-23,53H,4-21,24-52H2,1-3H3/b23-22-. The molecule has 0 saturated carbocycles. The third-order valence-corrected chi connectivity index (χ3v) is 12.5. The van der Waals surface area contributed by atoms with Gasteiger partial charge in [0.2, 0.25) is 0 Å². The zero-order valence-electron chi connectivity index (χ0n) is 41.9. The normalized spacial score (nSPS) is 12.0. The van der Waals surface area contributed by atoms with E-state index in [4.69, 9.17) is 14.2 Å². The molecule has 0 aromatic carbocycles. The molecule has 6 heteroatoms. The summed E-state index contributed by atoms with van der Waals surface area (Å²) < 4.78 is 16.7. The lowest BCUT2D eigenvalue weighted by atomic mass is 10.0. The van der Waals surface area contributed by atoms with Crippen molar-refractivity contribution in [1.82, 2.24) is 0 Å². The predicted octanol–water partition coefficient (Wildman–Crippen LogP) is 18.2. The molecule has 0 aromatic rings. The highest BCUT2D eigenvalue weighted by Gasteiger charge is 2.19. The number of carbonyl (C=O) groups is 3. The third kappa shape index (κ3) is 49.2. The molecular formula is C56H106O6. The summed E-state index contributed by atoms with van der Waals surface area (Å²) in [5.74, 6) is -0.862. The van der Waals surface area contributed by atoms with Crippen molar-refractivity contribution >= 4 is 17.9 Å². The largest absolute Gasteiger partial charge is 0.462 e. The van der Waals surface area contributed by atoms with Crippen LogP contribution in [0.5, 0.6) is 0 Å². The van der Waals surface area contributed by atoms with Crippen LogP contribution in [0.4, 0.5) is 0 Å². The molecule has 0 amide bonds. The van der Waals surface area contributed by atoms with Crippen LogP contribution in [0.25, 0.3) is 0 Å². The predicted molar refractivity (Wildman–Crippen MR) is 266 cm³/mol. The molecule has 0 spiro atoms. The Labute approximate surface area is 386 Å². The number of hydrogen-bond acceptors (Lipinski definition) is 6. The highest BCUT2D eigenvalue weighted by molar-refractivity contribution is 5.71. The Morgan fingerprint density at radius 3 is 0.806 bits per heavy atom. The fourth-order valence-electron chi connectivity index (χ4n) is 8.32. The van der Waals surface area contributed by atoms with Crippen LogP contribution in [-0.2, 0) is 28.6 Å². The summed E-state index contributed by atoms with van der Waals surface area (Å²) in [6.45, 7) is 6.60. The lowest BCUT2D eigenvalue weighted by molar-refractivity contribution is -0.167. The zero-order valence-corrected chi connectivity index (χ0v) is 41.9. The first-order valence-corrected chi connectivity index (χ1v) is 27.7. The Bertz CT molecular complexity index is 962. The fraction of sp³-hybridized carbons (Fsp3) is 0.911. The number of rotatable bonds is 51. The van der Waals surface area contributed by atoms with E-state index in [9.17, 15) is 14.4 Å². The molecule has 0 heterocycles. The molecule has 62 heavy (non-hydrogen) atoms. The van der Waals surface area contributed by atoms with Gasteiger partial charge in [0.15, 0.2) is 6.10 Å². The van der Waals surface area contributed by atoms with E-state index in [2.05, 4.69) is 32.9 Å². The SMILES string of the molecule is CCCCCCCCCC/C=C\CCCCCCCCCCCCCCCCCCCC(=O)OCC(COC(=O)CCCCCCCCC)OC(=O)CCCCCCCCCC. The molecule has 0 bridgehead atoms. The number of ether oxygens (including phenoxy) is 3. The van der Waals surface area contributed by atoms with Gasteiger partial charge in [0.1, 0.15) is 13.2 Å². The highest BCUT2D eigenvalue weighted by Crippen LogP contribution is 2.17. The first-order valence-electron chi connectivity index (χ1n) is 27.7. The maximum atomic E-state index is 12.6. The van der Waals surface area contributed by atoms with Crippen LogP contribution in [0, 0.1) is 0 Å². The number of esters is 3. The smallest absolute Gasteiger partial charge is 0.306 e. The van der Waals surface area contributed by atoms with Gasteiger partial charge in [0.05, 0.1) is 0 Å². The molecular weight excluding hydrogens is 769 g/mol. The first-order chi connectivity index (χ1) is 30.5. The number of hydrogen-bond donors (Lipinski definition) is 0. The molecule has 1 atom stereocenters. The minimum atomic E-state index is -0.759. The van der Waals surface area contributed by atoms with Crippen molar-refractivity contribution in [2.75, 3.05) is 13.2 Å². The first kappa shape index (κ1) is 60.2. The quantitative estimate of drug-likeness (QED) is 0.0262. The molecule has 1 unspecified atom stereocenters. The Hall–Kier alpha value is -1.85. The van der Waals surface area contributed by atoms with Crippen LogP contribution in [0.3, 0.4) is 0 Å². The summed E-state index contributed by atoms with van der Waals surface area (Å²) in [7, 11) is 0. The maximum Gasteiger partial charge on any atom is 0.306 e. The van der Waals surface area contributed by atoms with Gasteiger partial charge in [-0.15, -0.1) is 0 Å². The van der Waals surface area contributed by atoms with Gasteiger partial charge in [-0.3, -0.25) is 14.4 Å². The summed E-state index contributed by atoms with van der Waals surface area (Å²) in [5.41, 5.74) is 0. The third-order valence-electron chi connectivity index (χ3n) is 12.5. The van der Waals surface area contributed by atoms with E-state index in [0.717, 1.165) is 57.8 Å². The lowest BCUT2D eigenvalue weighted by Gasteiger charge is -2.18. The van der Waals surface area contributed by atoms with Gasteiger partial charge in [0, 0.05) is 19.3 Å². The van der Waals surface area contributed by atoms with E-state index >= 15 is 0 Å². The Morgan fingerprint density at radius 2 is 0.532 bits per heavy atom. The average molecular weight is 875 g/mol. The number of unbranched alkanes of at least 4 members (excludes halogenated alkanes) is 38. The Balaban J connectivity index is 3.89. The zero-order chi connectivity index (χ0) is 45.1. The van der Waals surface area contributed by atoms with E-state index in [1.165, 1.54) is 212 Å². The molecule has 0 N–H and O–H groups in total. The molecule has 0 radical (unpaired) electrons. The second-order valence-corrected chi connectivity index (χ2v) is 18.9. The fourth-order valence-corrected chi connectivity index (χ4v) is 8.32. The van der Waals surface area contributed by atoms with E-state index in [1.54, 1.807) is 0 Å². The van der Waals surface area contributed by atoms with E-state index < -0.39 is 6.10 Å². The maximum absolute atomic E-state index is 12.6. The molecule has 6 nitrogen and oxygen atoms in total. The second-order valence-electron chi connectivity index (χ2n) is 18.9. The Kier molecular flexibility index (Phi) is 50.2. The molecule has 0 saturated heterocycles. The van der Waals surface area contributed by atoms with Crippen LogP contribution < -0.4 is 0 Å². The molecule has 0 aliphatic heterocycles. The van der Waals surface area contributed by atoms with Gasteiger partial charge in [-0.25, -0.2) is 0 Å². The van der Waals surface area contributed by atoms with E-state index in [0.29, 0.717) is 19.3 Å². The van der Waals surface area contributed by atoms with Gasteiger partial charge in [0.25, 0.3) is 0 Å². The summed E-state index contributed by atoms with van der Waals surface area (Å²) in [6, 6.07) is 0. The van der Waals surface area contributed by atoms with Crippen LogP contribution >= 0.6 is 0 Å². The van der Waals surface area contributed by atoms with Crippen molar-refractivity contribution in [3.63, 3.8) is 0 Å². The van der Waals surface area contributed by atoms with Gasteiger partial charge in [-0.05, 0) is 44.9 Å². The second kappa shape index (κ2) is 51.8. The Morgan fingerprint density at radius 1 is 0.306 bits per heavy atom. The van der Waals surface area contributed by atoms with Crippen molar-refractivity contribution < 1.29 is 28.6 Å². The minimum absolute atomic E-state index is 0.0650. The van der Waals surface area contributed by atoms with Crippen molar-refractivity contribution in [1.29, 1.82) is 0 Å². The number of carbonyl (C=O) groups excluding carboxylic acids is 3. The van der Waals surface area contributed by atoms with Crippen molar-refractivity contribution in [2.45, 2.75) is 316 Å². The lowest BCUT2D eigenvalue weighted by Crippen LogP contribution is -2.30. The van der Waals surface area contributed by atoms with Crippen molar-refractivity contribution in [2.24, 2.45) is 0 Å². The van der Waals surface area contributed by atoms with Gasteiger partial charge in [-0.2, -0.15) is 0 Å². The highest BCUT2D eigenvalue weighted by atomic mass is 16.6. The molecule has 0 aliphatic carbocycles. The summed E-state index contributed by atoms with van der Waals surface area (Å²) in [5, 5.41) is 0.